The zero-order chi connectivity index (χ0) is 13.1. The van der Waals surface area contributed by atoms with Crippen molar-refractivity contribution in [2.24, 2.45) is 0 Å². The van der Waals surface area contributed by atoms with Crippen molar-refractivity contribution in [1.82, 2.24) is 5.32 Å². The number of carbonyl (C=O) groups excluding carboxylic acids is 1. The molecule has 2 atom stereocenters. The van der Waals surface area contributed by atoms with E-state index >= 15 is 0 Å². The van der Waals surface area contributed by atoms with Crippen molar-refractivity contribution in [3.63, 3.8) is 0 Å². The molecular weight excluding hydrogens is 298 g/mol. The molecule has 0 bridgehead atoms. The van der Waals surface area contributed by atoms with Crippen LogP contribution in [0.3, 0.4) is 0 Å². The lowest BCUT2D eigenvalue weighted by Gasteiger charge is -2.15. The molecule has 1 aliphatic heterocycles. The summed E-state index contributed by atoms with van der Waals surface area (Å²) in [5, 5.41) is 3.10. The molecule has 1 aliphatic rings. The van der Waals surface area contributed by atoms with Gasteiger partial charge >= 0.3 is 5.97 Å². The third-order valence-corrected chi connectivity index (χ3v) is 3.50. The summed E-state index contributed by atoms with van der Waals surface area (Å²) in [7, 11) is 1.40. The highest BCUT2D eigenvalue weighted by atomic mass is 79.9. The van der Waals surface area contributed by atoms with Crippen molar-refractivity contribution in [1.29, 1.82) is 0 Å². The molecule has 1 saturated heterocycles. The predicted molar refractivity (Wildman–Crippen MR) is 71.7 cm³/mol. The van der Waals surface area contributed by atoms with Crippen LogP contribution < -0.4 is 10.1 Å². The summed E-state index contributed by atoms with van der Waals surface area (Å²) in [5.74, 6) is 0.629. The number of nitrogens with one attached hydrogen (secondary N) is 1. The fourth-order valence-corrected chi connectivity index (χ4v) is 2.52. The highest BCUT2D eigenvalue weighted by Crippen LogP contribution is 2.25. The summed E-state index contributed by atoms with van der Waals surface area (Å²) < 4.78 is 11.6. The van der Waals surface area contributed by atoms with E-state index < -0.39 is 0 Å². The Morgan fingerprint density at radius 2 is 2.28 bits per heavy atom. The van der Waals surface area contributed by atoms with Gasteiger partial charge < -0.3 is 14.8 Å². The summed E-state index contributed by atoms with van der Waals surface area (Å²) >= 11 is 3.42. The van der Waals surface area contributed by atoms with Gasteiger partial charge in [0, 0.05) is 17.4 Å². The van der Waals surface area contributed by atoms with Gasteiger partial charge in [0.15, 0.2) is 0 Å². The Bertz CT molecular complexity index is 450. The van der Waals surface area contributed by atoms with Gasteiger partial charge in [0.05, 0.1) is 7.11 Å². The molecule has 98 valence electrons. The second kappa shape index (κ2) is 5.71. The van der Waals surface area contributed by atoms with E-state index in [1.165, 1.54) is 7.11 Å². The van der Waals surface area contributed by atoms with Crippen molar-refractivity contribution in [2.75, 3.05) is 13.7 Å². The molecule has 0 spiro atoms. The van der Waals surface area contributed by atoms with Crippen molar-refractivity contribution >= 4 is 21.9 Å². The maximum Gasteiger partial charge on any atom is 0.323 e. The number of esters is 1. The van der Waals surface area contributed by atoms with Crippen molar-refractivity contribution in [3.8, 4) is 5.75 Å². The molecule has 0 radical (unpaired) electrons. The van der Waals surface area contributed by atoms with Gasteiger partial charge in [-0.2, -0.15) is 0 Å². The Kier molecular flexibility index (Phi) is 4.24. The third kappa shape index (κ3) is 3.03. The molecule has 0 aliphatic carbocycles. The maximum atomic E-state index is 11.4. The van der Waals surface area contributed by atoms with Gasteiger partial charge in [-0.05, 0) is 30.7 Å². The average Bonchev–Trinajstić information content (AvgIpc) is 2.80. The zero-order valence-electron chi connectivity index (χ0n) is 10.4. The van der Waals surface area contributed by atoms with E-state index in [9.17, 15) is 4.79 Å². The lowest BCUT2D eigenvalue weighted by atomic mass is 10.2. The normalized spacial score (nSPS) is 22.8. The van der Waals surface area contributed by atoms with Gasteiger partial charge in [0.1, 0.15) is 17.9 Å². The van der Waals surface area contributed by atoms with Gasteiger partial charge in [0.25, 0.3) is 0 Å². The monoisotopic (exact) mass is 313 g/mol. The van der Waals surface area contributed by atoms with E-state index in [4.69, 9.17) is 9.47 Å². The molecule has 1 aromatic carbocycles. The number of methoxy groups -OCH3 is 1. The topological polar surface area (TPSA) is 47.6 Å². The molecule has 5 heteroatoms. The standard InChI is InChI=1S/C13H16BrNO3/c1-8-5-9(14)3-4-12(8)18-10-6-11(15-7-10)13(16)17-2/h3-5,10-11,15H,6-7H2,1-2H3/t10-,11-/m1/s1. The van der Waals surface area contributed by atoms with Gasteiger partial charge in [-0.15, -0.1) is 0 Å². The molecule has 1 N–H and O–H groups in total. The van der Waals surface area contributed by atoms with E-state index in [0.717, 1.165) is 15.8 Å². The van der Waals surface area contributed by atoms with Crippen molar-refractivity contribution < 1.29 is 14.3 Å². The van der Waals surface area contributed by atoms with Crippen LogP contribution in [0.5, 0.6) is 5.75 Å². The number of carbonyl (C=O) groups is 1. The molecular formula is C13H16BrNO3. The summed E-state index contributed by atoms with van der Waals surface area (Å²) in [4.78, 5) is 11.4. The summed E-state index contributed by atoms with van der Waals surface area (Å²) in [6.45, 7) is 2.66. The Morgan fingerprint density at radius 1 is 1.50 bits per heavy atom. The number of hydrogen-bond donors (Lipinski definition) is 1. The molecule has 1 aromatic rings. The smallest absolute Gasteiger partial charge is 0.323 e. The Hall–Kier alpha value is -1.07. The quantitative estimate of drug-likeness (QED) is 0.868. The second-order valence-electron chi connectivity index (χ2n) is 4.37. The number of aryl methyl sites for hydroxylation is 1. The van der Waals surface area contributed by atoms with E-state index in [1.807, 2.05) is 25.1 Å². The molecule has 0 unspecified atom stereocenters. The predicted octanol–water partition coefficient (Wildman–Crippen LogP) is 2.04. The van der Waals surface area contributed by atoms with Crippen LogP contribution in [0.1, 0.15) is 12.0 Å². The first kappa shape index (κ1) is 13.4. The molecule has 18 heavy (non-hydrogen) atoms. The lowest BCUT2D eigenvalue weighted by molar-refractivity contribution is -0.142. The minimum atomic E-state index is -0.254. The second-order valence-corrected chi connectivity index (χ2v) is 5.29. The number of halogens is 1. The SMILES string of the molecule is COC(=O)[C@H]1C[C@@H](Oc2ccc(Br)cc2C)CN1. The van der Waals surface area contributed by atoms with Gasteiger partial charge in [-0.3, -0.25) is 4.79 Å². The molecule has 0 aromatic heterocycles. The minimum absolute atomic E-state index is 0.00831. The van der Waals surface area contributed by atoms with Crippen LogP contribution in [-0.2, 0) is 9.53 Å². The molecule has 4 nitrogen and oxygen atoms in total. The molecule has 1 heterocycles. The van der Waals surface area contributed by atoms with Crippen LogP contribution in [0, 0.1) is 6.92 Å². The first-order valence-electron chi connectivity index (χ1n) is 5.84. The van der Waals surface area contributed by atoms with Crippen molar-refractivity contribution in [3.05, 3.63) is 28.2 Å². The lowest BCUT2D eigenvalue weighted by Crippen LogP contribution is -2.31. The first-order chi connectivity index (χ1) is 8.60. The molecule has 1 fully saturated rings. The zero-order valence-corrected chi connectivity index (χ0v) is 12.0. The highest BCUT2D eigenvalue weighted by molar-refractivity contribution is 9.10. The third-order valence-electron chi connectivity index (χ3n) is 3.01. The Balaban J connectivity index is 1.97. The van der Waals surface area contributed by atoms with E-state index in [0.29, 0.717) is 13.0 Å². The summed E-state index contributed by atoms with van der Waals surface area (Å²) in [5.41, 5.74) is 1.07. The maximum absolute atomic E-state index is 11.4. The summed E-state index contributed by atoms with van der Waals surface area (Å²) in [6, 6.07) is 5.64. The van der Waals surface area contributed by atoms with Gasteiger partial charge in [-0.25, -0.2) is 0 Å². The largest absolute Gasteiger partial charge is 0.489 e. The first-order valence-corrected chi connectivity index (χ1v) is 6.63. The Morgan fingerprint density at radius 3 is 2.94 bits per heavy atom. The van der Waals surface area contributed by atoms with E-state index in [-0.39, 0.29) is 18.1 Å². The van der Waals surface area contributed by atoms with Gasteiger partial charge in [0.2, 0.25) is 0 Å². The van der Waals surface area contributed by atoms with Crippen LogP contribution >= 0.6 is 15.9 Å². The van der Waals surface area contributed by atoms with Crippen LogP contribution in [0.4, 0.5) is 0 Å². The molecule has 2 rings (SSSR count). The van der Waals surface area contributed by atoms with Crippen LogP contribution in [0.2, 0.25) is 0 Å². The number of benzene rings is 1. The van der Waals surface area contributed by atoms with E-state index in [2.05, 4.69) is 21.2 Å². The van der Waals surface area contributed by atoms with Crippen LogP contribution in [-0.4, -0.2) is 31.8 Å². The number of ether oxygens (including phenoxy) is 2. The summed E-state index contributed by atoms with van der Waals surface area (Å²) in [6.07, 6.45) is 0.649. The average molecular weight is 314 g/mol. The van der Waals surface area contributed by atoms with Crippen LogP contribution in [0.15, 0.2) is 22.7 Å². The molecule has 0 saturated carbocycles. The van der Waals surface area contributed by atoms with Gasteiger partial charge in [-0.1, -0.05) is 15.9 Å². The van der Waals surface area contributed by atoms with Crippen molar-refractivity contribution in [2.45, 2.75) is 25.5 Å². The highest BCUT2D eigenvalue weighted by Gasteiger charge is 2.31. The fraction of sp³-hybridized carbons (Fsp3) is 0.462. The molecule has 0 amide bonds. The number of rotatable bonds is 3. The Labute approximate surface area is 115 Å². The fourth-order valence-electron chi connectivity index (χ4n) is 2.04. The minimum Gasteiger partial charge on any atom is -0.489 e. The number of hydrogen-bond acceptors (Lipinski definition) is 4. The van der Waals surface area contributed by atoms with Crippen LogP contribution in [0.25, 0.3) is 0 Å². The van der Waals surface area contributed by atoms with E-state index in [1.54, 1.807) is 0 Å².